The molecular weight excluding hydrogens is 415 g/mol. The van der Waals surface area contributed by atoms with Crippen molar-refractivity contribution in [2.24, 2.45) is 5.41 Å². The number of nitrogens with zero attached hydrogens (tertiary/aromatic N) is 4. The predicted octanol–water partition coefficient (Wildman–Crippen LogP) is 3.21. The topological polar surface area (TPSA) is 119 Å². The molecule has 10 heteroatoms. The Balaban J connectivity index is 1.48. The standard InChI is InChI=1S/C22H19FN6O3/c1-22(6-7-22)21(31)26-16-11-25-18(27-19(16)30)15-10-17(20-24-8-9-32-20)29(28-15)12-13-4-2-3-5-14(13)23/h2-5,8-11H,6-7,12H2,1H3,(H,26,31)(H,25,27,30). The highest BCUT2D eigenvalue weighted by Gasteiger charge is 2.45. The average molecular weight is 434 g/mol. The second-order valence-corrected chi connectivity index (χ2v) is 7.99. The van der Waals surface area contributed by atoms with E-state index in [0.29, 0.717) is 22.8 Å². The van der Waals surface area contributed by atoms with Crippen LogP contribution >= 0.6 is 0 Å². The van der Waals surface area contributed by atoms with Crippen LogP contribution < -0.4 is 10.9 Å². The van der Waals surface area contributed by atoms with Gasteiger partial charge in [0, 0.05) is 17.0 Å². The van der Waals surface area contributed by atoms with Crippen molar-refractivity contribution in [2.75, 3.05) is 5.32 Å². The summed E-state index contributed by atoms with van der Waals surface area (Å²) >= 11 is 0. The Kier molecular flexibility index (Phi) is 4.69. The van der Waals surface area contributed by atoms with Gasteiger partial charge in [-0.05, 0) is 18.9 Å². The predicted molar refractivity (Wildman–Crippen MR) is 113 cm³/mol. The van der Waals surface area contributed by atoms with Crippen molar-refractivity contribution in [1.29, 1.82) is 0 Å². The van der Waals surface area contributed by atoms with Gasteiger partial charge in [-0.15, -0.1) is 0 Å². The lowest BCUT2D eigenvalue weighted by Gasteiger charge is -2.09. The zero-order valence-corrected chi connectivity index (χ0v) is 17.1. The summed E-state index contributed by atoms with van der Waals surface area (Å²) < 4.78 is 21.1. The van der Waals surface area contributed by atoms with E-state index >= 15 is 0 Å². The fourth-order valence-electron chi connectivity index (χ4n) is 3.26. The summed E-state index contributed by atoms with van der Waals surface area (Å²) in [5.74, 6) is -0.0634. The lowest BCUT2D eigenvalue weighted by atomic mass is 10.1. The molecule has 3 aromatic heterocycles. The molecule has 0 atom stereocenters. The molecular formula is C22H19FN6O3. The molecule has 0 bridgehead atoms. The summed E-state index contributed by atoms with van der Waals surface area (Å²) in [5, 5.41) is 7.12. The monoisotopic (exact) mass is 434 g/mol. The minimum absolute atomic E-state index is 0.0746. The van der Waals surface area contributed by atoms with Crippen LogP contribution in [0.4, 0.5) is 10.1 Å². The van der Waals surface area contributed by atoms with E-state index in [4.69, 9.17) is 4.42 Å². The molecule has 1 amide bonds. The minimum Gasteiger partial charge on any atom is -0.443 e. The van der Waals surface area contributed by atoms with Gasteiger partial charge in [-0.25, -0.2) is 14.4 Å². The number of oxazole rings is 1. The third-order valence-electron chi connectivity index (χ3n) is 5.55. The van der Waals surface area contributed by atoms with E-state index in [1.54, 1.807) is 24.3 Å². The Morgan fingerprint density at radius 1 is 1.31 bits per heavy atom. The van der Waals surface area contributed by atoms with Crippen LogP contribution in [-0.4, -0.2) is 30.6 Å². The zero-order valence-electron chi connectivity index (χ0n) is 17.1. The molecule has 1 aliphatic rings. The lowest BCUT2D eigenvalue weighted by Crippen LogP contribution is -2.26. The van der Waals surface area contributed by atoms with E-state index in [2.05, 4.69) is 25.4 Å². The van der Waals surface area contributed by atoms with E-state index in [1.807, 2.05) is 6.92 Å². The first-order valence-electron chi connectivity index (χ1n) is 10.1. The molecule has 2 N–H and O–H groups in total. The van der Waals surface area contributed by atoms with Gasteiger partial charge < -0.3 is 14.7 Å². The van der Waals surface area contributed by atoms with Gasteiger partial charge >= 0.3 is 0 Å². The second kappa shape index (κ2) is 7.56. The number of H-pyrrole nitrogens is 1. The van der Waals surface area contributed by atoms with Gasteiger partial charge in [0.05, 0.1) is 18.9 Å². The van der Waals surface area contributed by atoms with Gasteiger partial charge in [-0.3, -0.25) is 14.3 Å². The molecule has 0 aliphatic heterocycles. The molecule has 1 aliphatic carbocycles. The van der Waals surface area contributed by atoms with Gasteiger partial charge in [-0.1, -0.05) is 25.1 Å². The normalized spacial score (nSPS) is 14.3. The number of nitrogens with one attached hydrogen (secondary N) is 2. The third kappa shape index (κ3) is 3.70. The number of halogens is 1. The fraction of sp³-hybridized carbons (Fsp3) is 0.227. The molecule has 0 unspecified atom stereocenters. The molecule has 1 aromatic carbocycles. The molecule has 9 nitrogen and oxygen atoms in total. The van der Waals surface area contributed by atoms with Crippen LogP contribution in [0.3, 0.4) is 0 Å². The van der Waals surface area contributed by atoms with E-state index in [-0.39, 0.29) is 29.8 Å². The van der Waals surface area contributed by atoms with Crippen LogP contribution in [0.1, 0.15) is 25.3 Å². The maximum absolute atomic E-state index is 14.2. The van der Waals surface area contributed by atoms with Gasteiger partial charge in [0.15, 0.2) is 5.82 Å². The van der Waals surface area contributed by atoms with Crippen molar-refractivity contribution < 1.29 is 13.6 Å². The SMILES string of the molecule is CC1(C(=O)Nc2cnc(-c3cc(-c4ncco4)n(Cc4ccccc4F)n3)[nH]c2=O)CC1. The minimum atomic E-state index is -0.492. The lowest BCUT2D eigenvalue weighted by molar-refractivity contribution is -0.120. The maximum Gasteiger partial charge on any atom is 0.274 e. The summed E-state index contributed by atoms with van der Waals surface area (Å²) in [6, 6.07) is 8.03. The molecule has 1 saturated carbocycles. The van der Waals surface area contributed by atoms with Crippen LogP contribution in [0.15, 0.2) is 58.2 Å². The van der Waals surface area contributed by atoms with Gasteiger partial charge in [0.25, 0.3) is 5.56 Å². The van der Waals surface area contributed by atoms with Crippen LogP contribution in [0.5, 0.6) is 0 Å². The number of hydrogen-bond donors (Lipinski definition) is 2. The molecule has 32 heavy (non-hydrogen) atoms. The third-order valence-corrected chi connectivity index (χ3v) is 5.55. The first-order valence-corrected chi connectivity index (χ1v) is 10.1. The molecule has 3 heterocycles. The number of hydrogen-bond acceptors (Lipinski definition) is 6. The summed E-state index contributed by atoms with van der Waals surface area (Å²) in [5.41, 5.74) is 0.442. The molecule has 0 saturated heterocycles. The molecule has 0 radical (unpaired) electrons. The molecule has 5 rings (SSSR count). The summed E-state index contributed by atoms with van der Waals surface area (Å²) in [7, 11) is 0. The smallest absolute Gasteiger partial charge is 0.274 e. The van der Waals surface area contributed by atoms with Crippen molar-refractivity contribution in [1.82, 2.24) is 24.7 Å². The van der Waals surface area contributed by atoms with Crippen molar-refractivity contribution in [2.45, 2.75) is 26.3 Å². The van der Waals surface area contributed by atoms with E-state index in [1.165, 1.54) is 29.4 Å². The summed E-state index contributed by atoms with van der Waals surface area (Å²) in [4.78, 5) is 35.8. The van der Waals surface area contributed by atoms with E-state index in [0.717, 1.165) is 12.8 Å². The number of amides is 1. The zero-order chi connectivity index (χ0) is 22.3. The Morgan fingerprint density at radius 3 is 2.81 bits per heavy atom. The number of benzene rings is 1. The Hall–Kier alpha value is -4.08. The molecule has 162 valence electrons. The van der Waals surface area contributed by atoms with Crippen molar-refractivity contribution in [3.63, 3.8) is 0 Å². The van der Waals surface area contributed by atoms with E-state index < -0.39 is 11.0 Å². The first kappa shape index (κ1) is 19.9. The Bertz CT molecular complexity index is 1350. The highest BCUT2D eigenvalue weighted by molar-refractivity contribution is 5.96. The van der Waals surface area contributed by atoms with Crippen LogP contribution in [0, 0.1) is 11.2 Å². The average Bonchev–Trinajstić information content (AvgIpc) is 3.17. The van der Waals surface area contributed by atoms with Crippen molar-refractivity contribution in [3.8, 4) is 23.1 Å². The summed E-state index contributed by atoms with van der Waals surface area (Å²) in [6.07, 6.45) is 5.82. The molecule has 0 spiro atoms. The first-order chi connectivity index (χ1) is 15.4. The van der Waals surface area contributed by atoms with Crippen LogP contribution in [-0.2, 0) is 11.3 Å². The van der Waals surface area contributed by atoms with E-state index in [9.17, 15) is 14.0 Å². The van der Waals surface area contributed by atoms with Gasteiger partial charge in [-0.2, -0.15) is 5.10 Å². The Labute approximate surface area is 181 Å². The fourth-order valence-corrected chi connectivity index (χ4v) is 3.26. The number of anilines is 1. The quantitative estimate of drug-likeness (QED) is 0.481. The highest BCUT2D eigenvalue weighted by Crippen LogP contribution is 2.45. The number of rotatable bonds is 6. The van der Waals surface area contributed by atoms with Crippen LogP contribution in [0.2, 0.25) is 0 Å². The number of aromatic amines is 1. The maximum atomic E-state index is 14.2. The second-order valence-electron chi connectivity index (χ2n) is 7.99. The number of aromatic nitrogens is 5. The summed E-state index contributed by atoms with van der Waals surface area (Å²) in [6.45, 7) is 1.98. The van der Waals surface area contributed by atoms with Crippen molar-refractivity contribution in [3.05, 3.63) is 70.7 Å². The molecule has 4 aromatic rings. The van der Waals surface area contributed by atoms with Gasteiger partial charge in [0.2, 0.25) is 11.8 Å². The molecule has 1 fully saturated rings. The van der Waals surface area contributed by atoms with Crippen LogP contribution in [0.25, 0.3) is 23.1 Å². The number of carbonyl (C=O) groups is 1. The Morgan fingerprint density at radius 2 is 2.12 bits per heavy atom. The highest BCUT2D eigenvalue weighted by atomic mass is 19.1. The number of carbonyl (C=O) groups excluding carboxylic acids is 1. The largest absolute Gasteiger partial charge is 0.443 e. The van der Waals surface area contributed by atoms with Crippen molar-refractivity contribution >= 4 is 11.6 Å². The van der Waals surface area contributed by atoms with Gasteiger partial charge in [0.1, 0.15) is 29.2 Å².